The van der Waals surface area contributed by atoms with Gasteiger partial charge in [0.2, 0.25) is 0 Å². The van der Waals surface area contributed by atoms with Crippen LogP contribution < -0.4 is 4.74 Å². The Morgan fingerprint density at radius 2 is 1.83 bits per heavy atom. The summed E-state index contributed by atoms with van der Waals surface area (Å²) < 4.78 is 11.8. The van der Waals surface area contributed by atoms with Crippen molar-refractivity contribution < 1.29 is 9.47 Å². The Morgan fingerprint density at radius 3 is 2.46 bits per heavy atom. The van der Waals surface area contributed by atoms with Gasteiger partial charge in [-0.15, -0.1) is 0 Å². The van der Waals surface area contributed by atoms with E-state index in [2.05, 4.69) is 39.5 Å². The van der Waals surface area contributed by atoms with Crippen molar-refractivity contribution in [1.82, 2.24) is 4.90 Å². The molecule has 4 heteroatoms. The van der Waals surface area contributed by atoms with Crippen molar-refractivity contribution in [2.45, 2.75) is 65.1 Å². The van der Waals surface area contributed by atoms with Crippen molar-refractivity contribution in [1.29, 1.82) is 0 Å². The van der Waals surface area contributed by atoms with Crippen LogP contribution in [0.4, 0.5) is 0 Å². The summed E-state index contributed by atoms with van der Waals surface area (Å²) in [7, 11) is 0. The van der Waals surface area contributed by atoms with Crippen LogP contribution in [-0.2, 0) is 10.2 Å². The van der Waals surface area contributed by atoms with Crippen LogP contribution >= 0.6 is 11.6 Å². The van der Waals surface area contributed by atoms with E-state index >= 15 is 0 Å². The first kappa shape index (κ1) is 19.6. The van der Waals surface area contributed by atoms with E-state index in [1.54, 1.807) is 0 Å². The highest BCUT2D eigenvalue weighted by Crippen LogP contribution is 2.33. The summed E-state index contributed by atoms with van der Waals surface area (Å²) in [6.45, 7) is 14.8. The van der Waals surface area contributed by atoms with E-state index < -0.39 is 0 Å². The Morgan fingerprint density at radius 1 is 1.17 bits per heavy atom. The molecule has 0 aromatic heterocycles. The third kappa shape index (κ3) is 5.94. The molecule has 0 saturated carbocycles. The van der Waals surface area contributed by atoms with Crippen molar-refractivity contribution >= 4 is 11.6 Å². The summed E-state index contributed by atoms with van der Waals surface area (Å²) in [5, 5.41) is 0.767. The number of rotatable bonds is 6. The zero-order valence-corrected chi connectivity index (χ0v) is 16.5. The monoisotopic (exact) mass is 353 g/mol. The molecule has 1 aromatic carbocycles. The van der Waals surface area contributed by atoms with Gasteiger partial charge < -0.3 is 9.47 Å². The molecule has 3 nitrogen and oxygen atoms in total. The molecule has 1 aromatic rings. The Labute approximate surface area is 152 Å². The predicted octanol–water partition coefficient (Wildman–Crippen LogP) is 4.91. The number of hydrogen-bond acceptors (Lipinski definition) is 3. The SMILES string of the molecule is C[C@@H]1CN(CCCCOc2ccc(Cl)cc2C(C)(C)C)C[C@H](C)O1. The Kier molecular flexibility index (Phi) is 6.97. The van der Waals surface area contributed by atoms with Gasteiger partial charge in [-0.25, -0.2) is 0 Å². The van der Waals surface area contributed by atoms with E-state index in [-0.39, 0.29) is 5.41 Å². The second kappa shape index (κ2) is 8.55. The molecule has 0 spiro atoms. The van der Waals surface area contributed by atoms with Crippen molar-refractivity contribution in [3.05, 3.63) is 28.8 Å². The molecule has 1 aliphatic rings. The number of benzene rings is 1. The largest absolute Gasteiger partial charge is 0.493 e. The molecular weight excluding hydrogens is 322 g/mol. The second-order valence-electron chi connectivity index (χ2n) is 7.96. The fourth-order valence-electron chi connectivity index (χ4n) is 3.30. The molecule has 0 N–H and O–H groups in total. The van der Waals surface area contributed by atoms with Crippen molar-refractivity contribution in [3.8, 4) is 5.75 Å². The first-order chi connectivity index (χ1) is 11.3. The van der Waals surface area contributed by atoms with E-state index in [1.165, 1.54) is 5.56 Å². The van der Waals surface area contributed by atoms with Gasteiger partial charge in [0.1, 0.15) is 5.75 Å². The zero-order valence-electron chi connectivity index (χ0n) is 15.8. The summed E-state index contributed by atoms with van der Waals surface area (Å²) >= 11 is 6.14. The van der Waals surface area contributed by atoms with Gasteiger partial charge in [0.15, 0.2) is 0 Å². The summed E-state index contributed by atoms with van der Waals surface area (Å²) in [5.74, 6) is 0.959. The second-order valence-corrected chi connectivity index (χ2v) is 8.40. The molecule has 1 fully saturated rings. The van der Waals surface area contributed by atoms with E-state index in [4.69, 9.17) is 21.1 Å². The minimum atomic E-state index is 0.0281. The molecular formula is C20H32ClNO2. The lowest BCUT2D eigenvalue weighted by Crippen LogP contribution is -2.45. The standard InChI is InChI=1S/C20H32ClNO2/c1-15-13-22(14-16(2)24-15)10-6-7-11-23-19-9-8-17(21)12-18(19)20(3,4)5/h8-9,12,15-16H,6-7,10-11,13-14H2,1-5H3/t15-,16+. The maximum Gasteiger partial charge on any atom is 0.123 e. The number of unbranched alkanes of at least 4 members (excludes halogenated alkanes) is 1. The highest BCUT2D eigenvalue weighted by atomic mass is 35.5. The lowest BCUT2D eigenvalue weighted by atomic mass is 9.86. The van der Waals surface area contributed by atoms with Crippen LogP contribution in [0.25, 0.3) is 0 Å². The molecule has 0 amide bonds. The molecule has 24 heavy (non-hydrogen) atoms. The van der Waals surface area contributed by atoms with Gasteiger partial charge in [0.05, 0.1) is 18.8 Å². The predicted molar refractivity (Wildman–Crippen MR) is 101 cm³/mol. The fraction of sp³-hybridized carbons (Fsp3) is 0.700. The Bertz CT molecular complexity index is 517. The van der Waals surface area contributed by atoms with Crippen LogP contribution in [0.1, 0.15) is 53.0 Å². The van der Waals surface area contributed by atoms with Gasteiger partial charge in [-0.1, -0.05) is 32.4 Å². The first-order valence-corrected chi connectivity index (χ1v) is 9.44. The number of nitrogens with zero attached hydrogens (tertiary/aromatic N) is 1. The normalized spacial score (nSPS) is 22.6. The van der Waals surface area contributed by atoms with Gasteiger partial charge in [0.25, 0.3) is 0 Å². The molecule has 136 valence electrons. The van der Waals surface area contributed by atoms with E-state index in [1.807, 2.05) is 18.2 Å². The lowest BCUT2D eigenvalue weighted by Gasteiger charge is -2.35. The molecule has 0 bridgehead atoms. The van der Waals surface area contributed by atoms with Crippen LogP contribution in [0.15, 0.2) is 18.2 Å². The van der Waals surface area contributed by atoms with E-state index in [9.17, 15) is 0 Å². The minimum Gasteiger partial charge on any atom is -0.493 e. The Balaban J connectivity index is 1.77. The topological polar surface area (TPSA) is 21.7 Å². The molecule has 0 radical (unpaired) electrons. The zero-order chi connectivity index (χ0) is 17.7. The number of halogens is 1. The third-order valence-corrected chi connectivity index (χ3v) is 4.61. The molecule has 0 unspecified atom stereocenters. The van der Waals surface area contributed by atoms with Crippen LogP contribution in [0, 0.1) is 0 Å². The maximum atomic E-state index is 6.14. The minimum absolute atomic E-state index is 0.0281. The number of ether oxygens (including phenoxy) is 2. The molecule has 1 saturated heterocycles. The van der Waals surface area contributed by atoms with Crippen molar-refractivity contribution in [3.63, 3.8) is 0 Å². The lowest BCUT2D eigenvalue weighted by molar-refractivity contribution is -0.0682. The average Bonchev–Trinajstić information content (AvgIpc) is 2.46. The van der Waals surface area contributed by atoms with Gasteiger partial charge in [-0.3, -0.25) is 4.90 Å². The van der Waals surface area contributed by atoms with Gasteiger partial charge in [-0.05, 0) is 56.8 Å². The maximum absolute atomic E-state index is 6.14. The molecule has 2 atom stereocenters. The Hall–Kier alpha value is -0.770. The average molecular weight is 354 g/mol. The van der Waals surface area contributed by atoms with Crippen molar-refractivity contribution in [2.75, 3.05) is 26.2 Å². The highest BCUT2D eigenvalue weighted by molar-refractivity contribution is 6.30. The van der Waals surface area contributed by atoms with Gasteiger partial charge in [0, 0.05) is 23.7 Å². The van der Waals surface area contributed by atoms with E-state index in [0.717, 1.165) is 49.9 Å². The van der Waals surface area contributed by atoms with Crippen LogP contribution in [-0.4, -0.2) is 43.3 Å². The summed E-state index contributed by atoms with van der Waals surface area (Å²) in [5.41, 5.74) is 1.20. The summed E-state index contributed by atoms with van der Waals surface area (Å²) in [4.78, 5) is 2.50. The van der Waals surface area contributed by atoms with Crippen LogP contribution in [0.3, 0.4) is 0 Å². The highest BCUT2D eigenvalue weighted by Gasteiger charge is 2.22. The summed E-state index contributed by atoms with van der Waals surface area (Å²) in [6, 6.07) is 5.92. The molecule has 1 aliphatic heterocycles. The number of hydrogen-bond donors (Lipinski definition) is 0. The number of morpholine rings is 1. The van der Waals surface area contributed by atoms with Crippen LogP contribution in [0.5, 0.6) is 5.75 Å². The fourth-order valence-corrected chi connectivity index (χ4v) is 3.47. The van der Waals surface area contributed by atoms with Crippen molar-refractivity contribution in [2.24, 2.45) is 0 Å². The molecule has 0 aliphatic carbocycles. The quantitative estimate of drug-likeness (QED) is 0.678. The van der Waals surface area contributed by atoms with E-state index in [0.29, 0.717) is 12.2 Å². The van der Waals surface area contributed by atoms with Gasteiger partial charge >= 0.3 is 0 Å². The van der Waals surface area contributed by atoms with Crippen LogP contribution in [0.2, 0.25) is 5.02 Å². The van der Waals surface area contributed by atoms with Gasteiger partial charge in [-0.2, -0.15) is 0 Å². The molecule has 2 rings (SSSR count). The first-order valence-electron chi connectivity index (χ1n) is 9.06. The third-order valence-electron chi connectivity index (χ3n) is 4.37. The summed E-state index contributed by atoms with van der Waals surface area (Å²) in [6.07, 6.45) is 2.89. The molecule has 1 heterocycles. The smallest absolute Gasteiger partial charge is 0.123 e.